The van der Waals surface area contributed by atoms with Crippen LogP contribution in [-0.2, 0) is 10.2 Å². The van der Waals surface area contributed by atoms with Crippen LogP contribution >= 0.6 is 0 Å². The van der Waals surface area contributed by atoms with Crippen LogP contribution in [0, 0.1) is 10.1 Å². The maximum absolute atomic E-state index is 13.0. The molecule has 0 unspecified atom stereocenters. The standard InChI is InChI=1S/C24H25N5O6/c1-13(25-26-21(30)15-6-11-18(23(32)33)19(12-15)29(34)35)20-14(2)27-28(22(20)31)17-9-7-16(8-10-17)24(3,4)5/h6-12,25H,1-5H3,(H,26,30)(H,32,33). The van der Waals surface area contributed by atoms with Crippen molar-refractivity contribution in [3.05, 3.63) is 80.5 Å². The summed E-state index contributed by atoms with van der Waals surface area (Å²) in [7, 11) is 0. The van der Waals surface area contributed by atoms with Crippen molar-refractivity contribution < 1.29 is 24.4 Å². The third-order valence-corrected chi connectivity index (χ3v) is 5.42. The van der Waals surface area contributed by atoms with Gasteiger partial charge in [-0.15, -0.1) is 0 Å². The Bertz CT molecular complexity index is 1290. The van der Waals surface area contributed by atoms with E-state index in [9.17, 15) is 24.5 Å². The molecule has 0 atom stereocenters. The number of anilines is 1. The summed E-state index contributed by atoms with van der Waals surface area (Å²) in [6.07, 6.45) is 0. The minimum atomic E-state index is -1.48. The molecule has 11 nitrogen and oxygen atoms in total. The number of hydrogen-bond acceptors (Lipinski definition) is 7. The number of carbonyl (C=O) groups is 3. The first-order valence-electron chi connectivity index (χ1n) is 10.6. The van der Waals surface area contributed by atoms with Crippen LogP contribution in [0.25, 0.3) is 0 Å². The van der Waals surface area contributed by atoms with E-state index >= 15 is 0 Å². The molecule has 2 amide bonds. The molecule has 182 valence electrons. The Hall–Kier alpha value is -4.54. The summed E-state index contributed by atoms with van der Waals surface area (Å²) in [6.45, 7) is 9.52. The molecular formula is C24H25N5O6. The lowest BCUT2D eigenvalue weighted by molar-refractivity contribution is -0.385. The zero-order chi connectivity index (χ0) is 26.1. The zero-order valence-electron chi connectivity index (χ0n) is 19.9. The fourth-order valence-electron chi connectivity index (χ4n) is 3.51. The van der Waals surface area contributed by atoms with Gasteiger partial charge >= 0.3 is 5.97 Å². The highest BCUT2D eigenvalue weighted by Gasteiger charge is 2.31. The van der Waals surface area contributed by atoms with Crippen LogP contribution in [0.5, 0.6) is 0 Å². The molecule has 0 saturated carbocycles. The van der Waals surface area contributed by atoms with Gasteiger partial charge in [-0.2, -0.15) is 10.1 Å². The van der Waals surface area contributed by atoms with Gasteiger partial charge < -0.3 is 10.5 Å². The number of hydrazone groups is 1. The van der Waals surface area contributed by atoms with E-state index in [0.29, 0.717) is 17.1 Å². The number of hydrogen-bond donors (Lipinski definition) is 3. The molecule has 0 aliphatic carbocycles. The minimum absolute atomic E-state index is 0.0368. The Kier molecular flexibility index (Phi) is 6.72. The van der Waals surface area contributed by atoms with Crippen LogP contribution in [0.3, 0.4) is 0 Å². The predicted octanol–water partition coefficient (Wildman–Crippen LogP) is 3.52. The van der Waals surface area contributed by atoms with Crippen molar-refractivity contribution in [1.82, 2.24) is 10.9 Å². The third kappa shape index (κ3) is 5.18. The summed E-state index contributed by atoms with van der Waals surface area (Å²) in [5.41, 5.74) is 6.33. The van der Waals surface area contributed by atoms with Crippen molar-refractivity contribution in [3.8, 4) is 0 Å². The SMILES string of the molecule is CC1=NN(c2ccc(C(C)(C)C)cc2)C(=O)C1=C(C)NNC(=O)c1ccc(C(=O)O)c([N+](=O)[O-])c1. The summed E-state index contributed by atoms with van der Waals surface area (Å²) in [5.74, 6) is -2.61. The van der Waals surface area contributed by atoms with E-state index in [-0.39, 0.29) is 22.5 Å². The van der Waals surface area contributed by atoms with Crippen LogP contribution in [0.4, 0.5) is 11.4 Å². The number of carboxylic acid groups (broad SMARTS) is 1. The van der Waals surface area contributed by atoms with Crippen LogP contribution < -0.4 is 15.9 Å². The fraction of sp³-hybridized carbons (Fsp3) is 0.250. The van der Waals surface area contributed by atoms with Crippen LogP contribution in [0.15, 0.2) is 58.8 Å². The van der Waals surface area contributed by atoms with E-state index in [0.717, 1.165) is 23.8 Å². The Labute approximate surface area is 201 Å². The molecule has 0 fully saturated rings. The van der Waals surface area contributed by atoms with Crippen molar-refractivity contribution >= 4 is 34.9 Å². The van der Waals surface area contributed by atoms with E-state index in [1.807, 2.05) is 24.3 Å². The molecule has 35 heavy (non-hydrogen) atoms. The van der Waals surface area contributed by atoms with Crippen LogP contribution in [-0.4, -0.2) is 33.5 Å². The van der Waals surface area contributed by atoms with Crippen molar-refractivity contribution in [2.24, 2.45) is 5.10 Å². The first kappa shape index (κ1) is 25.1. The second-order valence-electron chi connectivity index (χ2n) is 8.97. The smallest absolute Gasteiger partial charge is 0.342 e. The van der Waals surface area contributed by atoms with E-state index < -0.39 is 28.1 Å². The Morgan fingerprint density at radius 3 is 2.26 bits per heavy atom. The summed E-state index contributed by atoms with van der Waals surface area (Å²) in [5, 5.41) is 25.8. The number of nitro groups is 1. The number of nitrogens with zero attached hydrogens (tertiary/aromatic N) is 3. The van der Waals surface area contributed by atoms with Gasteiger partial charge in [-0.25, -0.2) is 4.79 Å². The first-order valence-corrected chi connectivity index (χ1v) is 10.6. The molecule has 0 spiro atoms. The molecule has 1 aliphatic heterocycles. The fourth-order valence-corrected chi connectivity index (χ4v) is 3.51. The molecule has 0 aromatic heterocycles. The monoisotopic (exact) mass is 479 g/mol. The minimum Gasteiger partial charge on any atom is -0.477 e. The van der Waals surface area contributed by atoms with Gasteiger partial charge in [-0.1, -0.05) is 32.9 Å². The number of amides is 2. The average molecular weight is 479 g/mol. The molecule has 1 aliphatic rings. The maximum atomic E-state index is 13.0. The number of benzene rings is 2. The Balaban J connectivity index is 1.77. The lowest BCUT2D eigenvalue weighted by Crippen LogP contribution is -2.38. The van der Waals surface area contributed by atoms with Gasteiger partial charge in [0.1, 0.15) is 5.56 Å². The van der Waals surface area contributed by atoms with Gasteiger partial charge in [0, 0.05) is 17.3 Å². The number of nitro benzene ring substituents is 1. The number of allylic oxidation sites excluding steroid dienone is 1. The van der Waals surface area contributed by atoms with Gasteiger partial charge in [0.25, 0.3) is 17.5 Å². The highest BCUT2D eigenvalue weighted by molar-refractivity contribution is 6.30. The van der Waals surface area contributed by atoms with Crippen molar-refractivity contribution in [2.75, 3.05) is 5.01 Å². The molecule has 2 aromatic rings. The van der Waals surface area contributed by atoms with Gasteiger partial charge in [0.2, 0.25) is 0 Å². The highest BCUT2D eigenvalue weighted by atomic mass is 16.6. The first-order chi connectivity index (χ1) is 16.3. The molecule has 0 radical (unpaired) electrons. The molecule has 0 saturated heterocycles. The lowest BCUT2D eigenvalue weighted by Gasteiger charge is -2.20. The van der Waals surface area contributed by atoms with Gasteiger partial charge in [-0.3, -0.25) is 25.1 Å². The number of carboxylic acids is 1. The molecule has 0 bridgehead atoms. The maximum Gasteiger partial charge on any atom is 0.342 e. The molecule has 3 N–H and O–H groups in total. The molecule has 2 aromatic carbocycles. The summed E-state index contributed by atoms with van der Waals surface area (Å²) < 4.78 is 0. The second kappa shape index (κ2) is 9.37. The number of carbonyl (C=O) groups excluding carboxylic acids is 2. The molecule has 11 heteroatoms. The van der Waals surface area contributed by atoms with E-state index in [1.165, 1.54) is 5.01 Å². The quantitative estimate of drug-likeness (QED) is 0.325. The van der Waals surface area contributed by atoms with E-state index in [2.05, 4.69) is 36.7 Å². The third-order valence-electron chi connectivity index (χ3n) is 5.42. The molecule has 3 rings (SSSR count). The number of hydrazine groups is 1. The van der Waals surface area contributed by atoms with Crippen LogP contribution in [0.2, 0.25) is 0 Å². The highest BCUT2D eigenvalue weighted by Crippen LogP contribution is 2.28. The summed E-state index contributed by atoms with van der Waals surface area (Å²) in [4.78, 5) is 47.0. The Morgan fingerprint density at radius 2 is 1.71 bits per heavy atom. The van der Waals surface area contributed by atoms with Gasteiger partial charge in [0.05, 0.1) is 21.9 Å². The van der Waals surface area contributed by atoms with Gasteiger partial charge in [-0.05, 0) is 49.1 Å². The average Bonchev–Trinajstić information content (AvgIpc) is 3.10. The van der Waals surface area contributed by atoms with Crippen LogP contribution in [0.1, 0.15) is 60.9 Å². The van der Waals surface area contributed by atoms with E-state index in [1.54, 1.807) is 13.8 Å². The van der Waals surface area contributed by atoms with Crippen molar-refractivity contribution in [2.45, 2.75) is 40.0 Å². The largest absolute Gasteiger partial charge is 0.477 e. The molecule has 1 heterocycles. The summed E-state index contributed by atoms with van der Waals surface area (Å²) >= 11 is 0. The lowest BCUT2D eigenvalue weighted by atomic mass is 9.87. The normalized spacial score (nSPS) is 14.9. The Morgan fingerprint density at radius 1 is 1.09 bits per heavy atom. The van der Waals surface area contributed by atoms with Crippen molar-refractivity contribution in [1.29, 1.82) is 0 Å². The van der Waals surface area contributed by atoms with E-state index in [4.69, 9.17) is 5.11 Å². The van der Waals surface area contributed by atoms with Gasteiger partial charge in [0.15, 0.2) is 0 Å². The number of rotatable bonds is 6. The summed E-state index contributed by atoms with van der Waals surface area (Å²) in [6, 6.07) is 10.5. The predicted molar refractivity (Wildman–Crippen MR) is 129 cm³/mol. The number of aromatic carboxylic acids is 1. The van der Waals surface area contributed by atoms with Crippen molar-refractivity contribution in [3.63, 3.8) is 0 Å². The topological polar surface area (TPSA) is 154 Å². The molecular weight excluding hydrogens is 454 g/mol. The second-order valence-corrected chi connectivity index (χ2v) is 8.97. The number of nitrogens with one attached hydrogen (secondary N) is 2. The zero-order valence-corrected chi connectivity index (χ0v) is 19.9.